The lowest BCUT2D eigenvalue weighted by atomic mass is 9.85. The molecule has 1 fully saturated rings. The van der Waals surface area contributed by atoms with Gasteiger partial charge in [-0.3, -0.25) is 9.59 Å². The number of amides is 2. The Morgan fingerprint density at radius 1 is 1.14 bits per heavy atom. The van der Waals surface area contributed by atoms with Gasteiger partial charge >= 0.3 is 0 Å². The Kier molecular flexibility index (Phi) is 6.38. The number of carbonyl (C=O) groups is 2. The summed E-state index contributed by atoms with van der Waals surface area (Å²) in [5, 5.41) is 5.43. The van der Waals surface area contributed by atoms with Crippen LogP contribution in [0.3, 0.4) is 0 Å². The van der Waals surface area contributed by atoms with E-state index in [9.17, 15) is 9.59 Å². The third kappa shape index (κ3) is 4.92. The normalized spacial score (nSPS) is 17.1. The number of hydrogen-bond donors (Lipinski definition) is 2. The van der Waals surface area contributed by atoms with Crippen molar-refractivity contribution >= 4 is 22.6 Å². The van der Waals surface area contributed by atoms with Crippen molar-refractivity contribution in [3.63, 3.8) is 0 Å². The standard InChI is InChI=1S/C24H32N2O2/c1-3-13-24(23(25)28,14-12-18-8-9-18)26-22(27)17(2)15-19-10-11-20-6-4-5-7-21(20)16-19/h4-7,10-11,16-18H,3,8-9,12-15H2,1-2H3,(H2,25,28)(H,26,27). The molecule has 0 heterocycles. The van der Waals surface area contributed by atoms with E-state index in [0.29, 0.717) is 25.2 Å². The lowest BCUT2D eigenvalue weighted by Crippen LogP contribution is -2.58. The number of carbonyl (C=O) groups excluding carboxylic acids is 2. The molecule has 1 aliphatic carbocycles. The third-order valence-electron chi connectivity index (χ3n) is 5.99. The molecule has 2 atom stereocenters. The highest BCUT2D eigenvalue weighted by Crippen LogP contribution is 2.36. The van der Waals surface area contributed by atoms with Crippen molar-refractivity contribution in [2.45, 2.75) is 64.3 Å². The molecular formula is C24H32N2O2. The average molecular weight is 381 g/mol. The summed E-state index contributed by atoms with van der Waals surface area (Å²) in [5.74, 6) is -0.0161. The van der Waals surface area contributed by atoms with E-state index in [4.69, 9.17) is 5.73 Å². The minimum Gasteiger partial charge on any atom is -0.368 e. The van der Waals surface area contributed by atoms with Crippen molar-refractivity contribution in [3.8, 4) is 0 Å². The van der Waals surface area contributed by atoms with Crippen molar-refractivity contribution < 1.29 is 9.59 Å². The van der Waals surface area contributed by atoms with Gasteiger partial charge in [0.2, 0.25) is 11.8 Å². The van der Waals surface area contributed by atoms with Crippen LogP contribution in [0.15, 0.2) is 42.5 Å². The fourth-order valence-electron chi connectivity index (χ4n) is 4.01. The molecule has 150 valence electrons. The summed E-state index contributed by atoms with van der Waals surface area (Å²) in [6, 6.07) is 14.5. The largest absolute Gasteiger partial charge is 0.368 e. The highest BCUT2D eigenvalue weighted by Gasteiger charge is 2.39. The lowest BCUT2D eigenvalue weighted by molar-refractivity contribution is -0.134. The summed E-state index contributed by atoms with van der Waals surface area (Å²) in [6.07, 6.45) is 6.12. The average Bonchev–Trinajstić information content (AvgIpc) is 3.50. The van der Waals surface area contributed by atoms with Gasteiger partial charge in [-0.25, -0.2) is 0 Å². The minimum absolute atomic E-state index is 0.0868. The smallest absolute Gasteiger partial charge is 0.243 e. The Labute approximate surface area is 167 Å². The molecule has 0 radical (unpaired) electrons. The Balaban J connectivity index is 1.69. The van der Waals surface area contributed by atoms with Crippen molar-refractivity contribution in [1.29, 1.82) is 0 Å². The fourth-order valence-corrected chi connectivity index (χ4v) is 4.01. The van der Waals surface area contributed by atoms with Gasteiger partial charge in [0, 0.05) is 5.92 Å². The van der Waals surface area contributed by atoms with Crippen LogP contribution in [0, 0.1) is 11.8 Å². The van der Waals surface area contributed by atoms with E-state index < -0.39 is 11.4 Å². The highest BCUT2D eigenvalue weighted by atomic mass is 16.2. The molecule has 3 rings (SSSR count). The first-order valence-corrected chi connectivity index (χ1v) is 10.5. The van der Waals surface area contributed by atoms with Crippen LogP contribution in [0.25, 0.3) is 10.8 Å². The summed E-state index contributed by atoms with van der Waals surface area (Å²) in [4.78, 5) is 25.3. The van der Waals surface area contributed by atoms with E-state index in [1.54, 1.807) is 0 Å². The van der Waals surface area contributed by atoms with Gasteiger partial charge < -0.3 is 11.1 Å². The molecule has 3 N–H and O–H groups in total. The summed E-state index contributed by atoms with van der Waals surface area (Å²) in [6.45, 7) is 3.95. The van der Waals surface area contributed by atoms with E-state index in [-0.39, 0.29) is 11.8 Å². The molecule has 0 spiro atoms. The molecule has 1 aliphatic rings. The summed E-state index contributed by atoms with van der Waals surface area (Å²) in [5.41, 5.74) is 5.99. The van der Waals surface area contributed by atoms with Crippen LogP contribution in [-0.4, -0.2) is 17.4 Å². The second-order valence-corrected chi connectivity index (χ2v) is 8.45. The zero-order valence-electron chi connectivity index (χ0n) is 17.0. The molecule has 0 aromatic heterocycles. The maximum Gasteiger partial charge on any atom is 0.243 e. The second-order valence-electron chi connectivity index (χ2n) is 8.45. The van der Waals surface area contributed by atoms with E-state index >= 15 is 0 Å². The van der Waals surface area contributed by atoms with Gasteiger partial charge in [-0.05, 0) is 47.9 Å². The monoisotopic (exact) mass is 380 g/mol. The number of rotatable bonds is 10. The van der Waals surface area contributed by atoms with Gasteiger partial charge in [0.25, 0.3) is 0 Å². The number of fused-ring (bicyclic) bond motifs is 1. The zero-order valence-corrected chi connectivity index (χ0v) is 17.0. The molecule has 2 aromatic rings. The highest BCUT2D eigenvalue weighted by molar-refractivity contribution is 5.91. The lowest BCUT2D eigenvalue weighted by Gasteiger charge is -2.33. The topological polar surface area (TPSA) is 72.2 Å². The van der Waals surface area contributed by atoms with Crippen LogP contribution in [0.4, 0.5) is 0 Å². The van der Waals surface area contributed by atoms with Crippen molar-refractivity contribution in [2.24, 2.45) is 17.6 Å². The van der Waals surface area contributed by atoms with Crippen LogP contribution in [-0.2, 0) is 16.0 Å². The summed E-state index contributed by atoms with van der Waals surface area (Å²) >= 11 is 0. The Hall–Kier alpha value is -2.36. The van der Waals surface area contributed by atoms with Crippen molar-refractivity contribution in [3.05, 3.63) is 48.0 Å². The Bertz CT molecular complexity index is 843. The molecule has 1 saturated carbocycles. The van der Waals surface area contributed by atoms with Crippen molar-refractivity contribution in [1.82, 2.24) is 5.32 Å². The minimum atomic E-state index is -0.911. The molecule has 0 aliphatic heterocycles. The molecule has 2 unspecified atom stereocenters. The Morgan fingerprint density at radius 3 is 2.50 bits per heavy atom. The SMILES string of the molecule is CCCC(CCC1CC1)(NC(=O)C(C)Cc1ccc2ccccc2c1)C(N)=O. The van der Waals surface area contributed by atoms with Gasteiger partial charge in [0.15, 0.2) is 0 Å². The molecule has 0 saturated heterocycles. The van der Waals surface area contributed by atoms with Crippen molar-refractivity contribution in [2.75, 3.05) is 0 Å². The zero-order chi connectivity index (χ0) is 20.1. The number of hydrogen-bond acceptors (Lipinski definition) is 2. The molecule has 4 nitrogen and oxygen atoms in total. The van der Waals surface area contributed by atoms with Crippen LogP contribution in [0.5, 0.6) is 0 Å². The number of nitrogens with two attached hydrogens (primary N) is 1. The quantitative estimate of drug-likeness (QED) is 0.643. The van der Waals surface area contributed by atoms with Crippen LogP contribution in [0.2, 0.25) is 0 Å². The summed E-state index contributed by atoms with van der Waals surface area (Å²) in [7, 11) is 0. The molecule has 28 heavy (non-hydrogen) atoms. The number of primary amides is 1. The fraction of sp³-hybridized carbons (Fsp3) is 0.500. The third-order valence-corrected chi connectivity index (χ3v) is 5.99. The van der Waals surface area contributed by atoms with Crippen LogP contribution < -0.4 is 11.1 Å². The number of nitrogens with one attached hydrogen (secondary N) is 1. The predicted octanol–water partition coefficient (Wildman–Crippen LogP) is 4.35. The molecule has 0 bridgehead atoms. The van der Waals surface area contributed by atoms with Gasteiger partial charge in [-0.2, -0.15) is 0 Å². The molecule has 2 aromatic carbocycles. The maximum atomic E-state index is 12.9. The molecular weight excluding hydrogens is 348 g/mol. The van der Waals surface area contributed by atoms with Gasteiger partial charge in [0.1, 0.15) is 5.54 Å². The molecule has 4 heteroatoms. The first kappa shape index (κ1) is 20.4. The van der Waals surface area contributed by atoms with Crippen LogP contribution >= 0.6 is 0 Å². The van der Waals surface area contributed by atoms with Gasteiger partial charge in [0.05, 0.1) is 0 Å². The van der Waals surface area contributed by atoms with Gasteiger partial charge in [-0.15, -0.1) is 0 Å². The van der Waals surface area contributed by atoms with E-state index in [1.807, 2.05) is 26.0 Å². The van der Waals surface area contributed by atoms with Crippen LogP contribution in [0.1, 0.15) is 57.9 Å². The first-order valence-electron chi connectivity index (χ1n) is 10.5. The molecule has 2 amide bonds. The summed E-state index contributed by atoms with van der Waals surface area (Å²) < 4.78 is 0. The van der Waals surface area contributed by atoms with E-state index in [2.05, 4.69) is 35.6 Å². The maximum absolute atomic E-state index is 12.9. The second kappa shape index (κ2) is 8.76. The van der Waals surface area contributed by atoms with E-state index in [0.717, 1.165) is 18.4 Å². The van der Waals surface area contributed by atoms with E-state index in [1.165, 1.54) is 23.6 Å². The predicted molar refractivity (Wildman–Crippen MR) is 114 cm³/mol. The number of benzene rings is 2. The first-order chi connectivity index (χ1) is 13.4. The van der Waals surface area contributed by atoms with Gasteiger partial charge in [-0.1, -0.05) is 75.6 Å². The Morgan fingerprint density at radius 2 is 1.86 bits per heavy atom.